The van der Waals surface area contributed by atoms with Crippen LogP contribution in [0.15, 0.2) is 83.8 Å². The number of nitrogens with zero attached hydrogens (tertiary/aromatic N) is 3. The number of ether oxygens (including phenoxy) is 2. The van der Waals surface area contributed by atoms with E-state index >= 15 is 4.39 Å². The maximum atomic E-state index is 15.2. The van der Waals surface area contributed by atoms with Gasteiger partial charge >= 0.3 is 23.9 Å². The Morgan fingerprint density at radius 2 is 1.55 bits per heavy atom. The Morgan fingerprint density at radius 1 is 0.914 bits per heavy atom. The number of anilines is 1. The summed E-state index contributed by atoms with van der Waals surface area (Å²) in [6.07, 6.45) is -0.750. The molecule has 19 heteroatoms. The molecule has 306 valence electrons. The highest BCUT2D eigenvalue weighted by Gasteiger charge is 2.41. The molecule has 5 aromatic rings. The van der Waals surface area contributed by atoms with Gasteiger partial charge in [0.1, 0.15) is 22.6 Å². The summed E-state index contributed by atoms with van der Waals surface area (Å²) in [6.45, 7) is 4.67. The van der Waals surface area contributed by atoms with E-state index in [0.29, 0.717) is 28.1 Å². The van der Waals surface area contributed by atoms with E-state index in [9.17, 15) is 33.9 Å². The molecule has 0 saturated carbocycles. The number of nitrogens with two attached hydrogens (primary N) is 1. The minimum absolute atomic E-state index is 0.0275. The second-order valence-corrected chi connectivity index (χ2v) is 13.4. The van der Waals surface area contributed by atoms with E-state index in [1.807, 2.05) is 0 Å². The Labute approximate surface area is 328 Å². The predicted molar refractivity (Wildman–Crippen MR) is 204 cm³/mol. The van der Waals surface area contributed by atoms with E-state index in [-0.39, 0.29) is 29.2 Å². The number of methoxy groups -OCH3 is 1. The highest BCUT2D eigenvalue weighted by molar-refractivity contribution is 6.05. The molecule has 0 spiro atoms. The number of benzene rings is 3. The molecule has 0 saturated heterocycles. The summed E-state index contributed by atoms with van der Waals surface area (Å²) in [5.74, 6) is -7.44. The second-order valence-electron chi connectivity index (χ2n) is 13.4. The third-order valence-corrected chi connectivity index (χ3v) is 9.16. The highest BCUT2D eigenvalue weighted by Crippen LogP contribution is 2.33. The number of aliphatic carboxylic acids is 4. The van der Waals surface area contributed by atoms with Gasteiger partial charge < -0.3 is 46.1 Å². The molecule has 8 N–H and O–H groups in total. The lowest BCUT2D eigenvalue weighted by Gasteiger charge is -2.28. The topological polar surface area (TPSA) is 283 Å². The van der Waals surface area contributed by atoms with Gasteiger partial charge in [-0.15, -0.1) is 0 Å². The van der Waals surface area contributed by atoms with Crippen molar-refractivity contribution < 1.29 is 63.4 Å². The zero-order valence-electron chi connectivity index (χ0n) is 31.5. The summed E-state index contributed by atoms with van der Waals surface area (Å²) in [6, 6.07) is 19.4. The van der Waals surface area contributed by atoms with Gasteiger partial charge in [0.25, 0.3) is 11.5 Å². The van der Waals surface area contributed by atoms with Crippen LogP contribution in [0.2, 0.25) is 0 Å². The first kappa shape index (κ1) is 43.6. The van der Waals surface area contributed by atoms with Gasteiger partial charge in [0.15, 0.2) is 17.2 Å². The van der Waals surface area contributed by atoms with E-state index in [4.69, 9.17) is 35.6 Å². The first-order valence-corrected chi connectivity index (χ1v) is 17.2. The number of aliphatic hydroxyl groups is 1. The maximum absolute atomic E-state index is 15.2. The third-order valence-electron chi connectivity index (χ3n) is 9.16. The summed E-state index contributed by atoms with van der Waals surface area (Å²) in [7, 11) is 1.55. The van der Waals surface area contributed by atoms with Gasteiger partial charge in [0.05, 0.1) is 36.8 Å². The summed E-state index contributed by atoms with van der Waals surface area (Å²) in [4.78, 5) is 73.8. The average molecular weight is 806 g/mol. The van der Waals surface area contributed by atoms with E-state index in [0.717, 1.165) is 6.07 Å². The minimum Gasteiger partial charge on any atom is -0.497 e. The summed E-state index contributed by atoms with van der Waals surface area (Å²) in [5, 5.41) is 46.7. The number of amides is 1. The maximum Gasteiger partial charge on any atom is 0.336 e. The molecule has 0 fully saturated rings. The van der Waals surface area contributed by atoms with E-state index in [1.54, 1.807) is 75.6 Å². The smallest absolute Gasteiger partial charge is 0.336 e. The molecule has 58 heavy (non-hydrogen) atoms. The average Bonchev–Trinajstić information content (AvgIpc) is 3.40. The van der Waals surface area contributed by atoms with Gasteiger partial charge in [-0.1, -0.05) is 25.1 Å². The Balaban J connectivity index is 0.000000492. The molecule has 2 atom stereocenters. The fourth-order valence-corrected chi connectivity index (χ4v) is 5.62. The van der Waals surface area contributed by atoms with Crippen molar-refractivity contribution in [1.29, 1.82) is 0 Å². The van der Waals surface area contributed by atoms with Crippen LogP contribution in [0.25, 0.3) is 16.6 Å². The number of halogens is 1. The largest absolute Gasteiger partial charge is 0.497 e. The lowest BCUT2D eigenvalue weighted by Crippen LogP contribution is -2.52. The molecule has 2 heterocycles. The number of hydrogen-bond donors (Lipinski definition) is 7. The number of carbonyl (C=O) groups is 5. The SMILES string of the molecule is COc1ccc2c(Oc3ccc(NC(=O)c4c(C)n(C[C@@H](C)[C@](C)(N)C(=O)O)n(-c5ccccc5)c4=O)cc3F)ccnc2c1.O=C(O)CC(O)(CC(=O)O)C(=O)O. The molecule has 5 rings (SSSR count). The van der Waals surface area contributed by atoms with Gasteiger partial charge in [0, 0.05) is 41.9 Å². The number of nitrogens with one attached hydrogen (secondary N) is 1. The van der Waals surface area contributed by atoms with Crippen molar-refractivity contribution in [3.8, 4) is 22.9 Å². The number of para-hydroxylation sites is 1. The number of rotatable bonds is 15. The Kier molecular flexibility index (Phi) is 13.4. The lowest BCUT2D eigenvalue weighted by molar-refractivity contribution is -0.170. The van der Waals surface area contributed by atoms with Crippen molar-refractivity contribution in [1.82, 2.24) is 14.3 Å². The lowest BCUT2D eigenvalue weighted by atomic mass is 9.88. The monoisotopic (exact) mass is 805 g/mol. The first-order valence-electron chi connectivity index (χ1n) is 17.2. The number of aromatic nitrogens is 3. The van der Waals surface area contributed by atoms with Crippen molar-refractivity contribution in [2.24, 2.45) is 11.7 Å². The van der Waals surface area contributed by atoms with Gasteiger partial charge in [-0.25, -0.2) is 13.9 Å². The van der Waals surface area contributed by atoms with E-state index < -0.39 is 71.1 Å². The number of carboxylic acids is 4. The molecule has 18 nitrogen and oxygen atoms in total. The van der Waals surface area contributed by atoms with Crippen LogP contribution in [0.5, 0.6) is 17.2 Å². The number of hydrogen-bond acceptors (Lipinski definition) is 11. The zero-order chi connectivity index (χ0) is 43.1. The first-order chi connectivity index (χ1) is 27.2. The van der Waals surface area contributed by atoms with Crippen LogP contribution < -0.4 is 26.1 Å². The molecular weight excluding hydrogens is 765 g/mol. The molecule has 0 radical (unpaired) electrons. The van der Waals surface area contributed by atoms with Crippen molar-refractivity contribution >= 4 is 46.4 Å². The summed E-state index contributed by atoms with van der Waals surface area (Å²) in [5.41, 5.74) is 2.39. The van der Waals surface area contributed by atoms with Crippen LogP contribution in [0, 0.1) is 18.7 Å². The van der Waals surface area contributed by atoms with Crippen molar-refractivity contribution in [3.05, 3.63) is 106 Å². The molecular formula is C39H40FN5O13. The van der Waals surface area contributed by atoms with Crippen LogP contribution in [-0.4, -0.2) is 87.9 Å². The normalized spacial score (nSPS) is 12.7. The second kappa shape index (κ2) is 17.8. The van der Waals surface area contributed by atoms with Crippen molar-refractivity contribution in [2.75, 3.05) is 12.4 Å². The third kappa shape index (κ3) is 9.81. The Morgan fingerprint density at radius 3 is 2.10 bits per heavy atom. The molecule has 0 unspecified atom stereocenters. The number of fused-ring (bicyclic) bond motifs is 1. The van der Waals surface area contributed by atoms with Crippen LogP contribution in [0.4, 0.5) is 10.1 Å². The fourth-order valence-electron chi connectivity index (χ4n) is 5.62. The molecule has 0 bridgehead atoms. The Hall–Kier alpha value is -7.12. The van der Waals surface area contributed by atoms with Gasteiger partial charge in [-0.3, -0.25) is 33.6 Å². The van der Waals surface area contributed by atoms with E-state index in [1.165, 1.54) is 34.6 Å². The van der Waals surface area contributed by atoms with Crippen LogP contribution in [-0.2, 0) is 25.7 Å². The standard InChI is InChI=1S/C33H32FN5O6.C6H8O7/c1-19(33(3,35)32(42)43)18-38-20(2)29(31(41)39(38)22-8-6-5-7-9-22)30(40)37-21-10-13-28(25(34)16-21)45-27-14-15-36-26-17-23(44-4)11-12-24(26)27;7-3(8)1-6(13,5(11)12)2-4(9)10/h5-17,19H,18,35H2,1-4H3,(H,37,40)(H,42,43);13H,1-2H2,(H,7,8)(H,9,10)(H,11,12)/t19-,33+;/m1./s1. The van der Waals surface area contributed by atoms with Crippen LogP contribution in [0.3, 0.4) is 0 Å². The van der Waals surface area contributed by atoms with Gasteiger partial charge in [-0.2, -0.15) is 0 Å². The van der Waals surface area contributed by atoms with Crippen molar-refractivity contribution in [3.63, 3.8) is 0 Å². The Bertz CT molecular complexity index is 2410. The molecule has 2 aromatic heterocycles. The van der Waals surface area contributed by atoms with E-state index in [2.05, 4.69) is 10.3 Å². The number of carbonyl (C=O) groups excluding carboxylic acids is 1. The van der Waals surface area contributed by atoms with Crippen LogP contribution >= 0.6 is 0 Å². The number of pyridine rings is 1. The van der Waals surface area contributed by atoms with Gasteiger partial charge in [-0.05, 0) is 56.3 Å². The summed E-state index contributed by atoms with van der Waals surface area (Å²) >= 11 is 0. The molecule has 1 amide bonds. The van der Waals surface area contributed by atoms with Crippen molar-refractivity contribution in [2.45, 2.75) is 51.3 Å². The minimum atomic E-state index is -2.74. The van der Waals surface area contributed by atoms with Crippen LogP contribution in [0.1, 0.15) is 42.7 Å². The van der Waals surface area contributed by atoms with Gasteiger partial charge in [0.2, 0.25) is 0 Å². The zero-order valence-corrected chi connectivity index (χ0v) is 31.5. The fraction of sp³-hybridized carbons (Fsp3) is 0.256. The molecule has 0 aliphatic heterocycles. The predicted octanol–water partition coefficient (Wildman–Crippen LogP) is 3.88. The number of carboxylic acid groups (broad SMARTS) is 4. The molecule has 0 aliphatic rings. The molecule has 0 aliphatic carbocycles. The highest BCUT2D eigenvalue weighted by atomic mass is 19.1. The summed E-state index contributed by atoms with van der Waals surface area (Å²) < 4.78 is 29.2. The quantitative estimate of drug-likeness (QED) is 0.0791. The molecule has 3 aromatic carbocycles.